The predicted octanol–water partition coefficient (Wildman–Crippen LogP) is 1.56. The second kappa shape index (κ2) is 7.23. The lowest BCUT2D eigenvalue weighted by atomic mass is 10.0. The minimum absolute atomic E-state index is 0.289. The van der Waals surface area contributed by atoms with Crippen molar-refractivity contribution in [3.63, 3.8) is 0 Å². The van der Waals surface area contributed by atoms with E-state index in [9.17, 15) is 4.79 Å². The van der Waals surface area contributed by atoms with Crippen LogP contribution in [0.2, 0.25) is 0 Å². The molecule has 4 heterocycles. The standard InChI is InChI=1S/C19H28N6O/c1-15-13-17-19(20-6-8-25(17)21-15)23-11-9-22(10-12-23)14-18(26)24-7-4-3-5-16(24)2/h6,8,13,16H,3-5,7,9-12,14H2,1-2H3. The molecule has 140 valence electrons. The zero-order valence-electron chi connectivity index (χ0n) is 15.8. The minimum atomic E-state index is 0.289. The quantitative estimate of drug-likeness (QED) is 0.835. The zero-order chi connectivity index (χ0) is 18.1. The van der Waals surface area contributed by atoms with Gasteiger partial charge in [0, 0.05) is 51.2 Å². The van der Waals surface area contributed by atoms with Crippen molar-refractivity contribution in [2.24, 2.45) is 0 Å². The highest BCUT2D eigenvalue weighted by atomic mass is 16.2. The Morgan fingerprint density at radius 1 is 1.19 bits per heavy atom. The molecule has 0 saturated carbocycles. The molecule has 2 fully saturated rings. The lowest BCUT2D eigenvalue weighted by Gasteiger charge is -2.38. The fourth-order valence-corrected chi connectivity index (χ4v) is 4.14. The number of hydrogen-bond donors (Lipinski definition) is 0. The molecule has 1 amide bonds. The van der Waals surface area contributed by atoms with Crippen molar-refractivity contribution in [3.05, 3.63) is 24.2 Å². The first-order valence-electron chi connectivity index (χ1n) is 9.69. The molecule has 0 bridgehead atoms. The Morgan fingerprint density at radius 2 is 2.00 bits per heavy atom. The highest BCUT2D eigenvalue weighted by Gasteiger charge is 2.27. The van der Waals surface area contributed by atoms with E-state index in [2.05, 4.69) is 37.8 Å². The fourth-order valence-electron chi connectivity index (χ4n) is 4.14. The van der Waals surface area contributed by atoms with E-state index in [0.29, 0.717) is 12.6 Å². The summed E-state index contributed by atoms with van der Waals surface area (Å²) < 4.78 is 1.89. The first-order valence-corrected chi connectivity index (χ1v) is 9.69. The number of piperazine rings is 1. The summed E-state index contributed by atoms with van der Waals surface area (Å²) >= 11 is 0. The van der Waals surface area contributed by atoms with Gasteiger partial charge in [0.2, 0.25) is 5.91 Å². The summed E-state index contributed by atoms with van der Waals surface area (Å²) in [5.41, 5.74) is 2.05. The van der Waals surface area contributed by atoms with Gasteiger partial charge in [-0.1, -0.05) is 0 Å². The van der Waals surface area contributed by atoms with Crippen LogP contribution in [-0.4, -0.2) is 75.6 Å². The van der Waals surface area contributed by atoms with Crippen molar-refractivity contribution >= 4 is 17.2 Å². The maximum absolute atomic E-state index is 12.7. The van der Waals surface area contributed by atoms with Crippen LogP contribution in [0.4, 0.5) is 5.82 Å². The summed E-state index contributed by atoms with van der Waals surface area (Å²) in [5, 5.41) is 4.47. The molecule has 2 aromatic heterocycles. The second-order valence-corrected chi connectivity index (χ2v) is 7.56. The Kier molecular flexibility index (Phi) is 4.80. The molecule has 2 aliphatic rings. The summed E-state index contributed by atoms with van der Waals surface area (Å²) in [6.45, 7) is 9.21. The van der Waals surface area contributed by atoms with Crippen LogP contribution >= 0.6 is 0 Å². The monoisotopic (exact) mass is 356 g/mol. The highest BCUT2D eigenvalue weighted by Crippen LogP contribution is 2.21. The topological polar surface area (TPSA) is 57.0 Å². The number of likely N-dealkylation sites (tertiary alicyclic amines) is 1. The molecule has 2 aliphatic heterocycles. The van der Waals surface area contributed by atoms with E-state index < -0.39 is 0 Å². The number of carbonyl (C=O) groups excluding carboxylic acids is 1. The highest BCUT2D eigenvalue weighted by molar-refractivity contribution is 5.78. The number of fused-ring (bicyclic) bond motifs is 1. The molecule has 0 spiro atoms. The SMILES string of the molecule is Cc1cc2c(N3CCN(CC(=O)N4CCCCC4C)CC3)nccn2n1. The number of rotatable bonds is 3. The minimum Gasteiger partial charge on any atom is -0.352 e. The van der Waals surface area contributed by atoms with Gasteiger partial charge in [-0.05, 0) is 39.2 Å². The van der Waals surface area contributed by atoms with Gasteiger partial charge in [-0.15, -0.1) is 0 Å². The van der Waals surface area contributed by atoms with Crippen LogP contribution < -0.4 is 4.90 Å². The van der Waals surface area contributed by atoms with E-state index in [4.69, 9.17) is 0 Å². The summed E-state index contributed by atoms with van der Waals surface area (Å²) in [5.74, 6) is 1.28. The van der Waals surface area contributed by atoms with Gasteiger partial charge in [0.25, 0.3) is 0 Å². The van der Waals surface area contributed by atoms with Gasteiger partial charge < -0.3 is 9.80 Å². The van der Waals surface area contributed by atoms with Crippen LogP contribution in [0.15, 0.2) is 18.5 Å². The average molecular weight is 356 g/mol. The van der Waals surface area contributed by atoms with Gasteiger partial charge in [-0.3, -0.25) is 9.69 Å². The predicted molar refractivity (Wildman–Crippen MR) is 101 cm³/mol. The number of amides is 1. The molecule has 0 N–H and O–H groups in total. The van der Waals surface area contributed by atoms with Crippen molar-refractivity contribution in [1.29, 1.82) is 0 Å². The number of carbonyl (C=O) groups is 1. The Hall–Kier alpha value is -2.15. The Morgan fingerprint density at radius 3 is 2.77 bits per heavy atom. The van der Waals surface area contributed by atoms with Crippen LogP contribution in [0, 0.1) is 6.92 Å². The van der Waals surface area contributed by atoms with Crippen LogP contribution in [-0.2, 0) is 4.79 Å². The molecule has 7 heteroatoms. The van der Waals surface area contributed by atoms with Crippen LogP contribution in [0.25, 0.3) is 5.52 Å². The van der Waals surface area contributed by atoms with Crippen molar-refractivity contribution < 1.29 is 4.79 Å². The molecule has 1 unspecified atom stereocenters. The Balaban J connectivity index is 1.37. The smallest absolute Gasteiger partial charge is 0.236 e. The molecule has 0 aromatic carbocycles. The van der Waals surface area contributed by atoms with E-state index in [1.807, 2.05) is 23.8 Å². The number of anilines is 1. The van der Waals surface area contributed by atoms with Gasteiger partial charge in [0.1, 0.15) is 5.52 Å². The number of aryl methyl sites for hydroxylation is 1. The molecule has 2 saturated heterocycles. The van der Waals surface area contributed by atoms with Crippen molar-refractivity contribution in [2.45, 2.75) is 39.2 Å². The first kappa shape index (κ1) is 17.3. The van der Waals surface area contributed by atoms with E-state index in [0.717, 1.165) is 62.6 Å². The molecule has 1 atom stereocenters. The van der Waals surface area contributed by atoms with E-state index in [1.54, 1.807) is 0 Å². The van der Waals surface area contributed by atoms with Crippen molar-refractivity contribution in [3.8, 4) is 0 Å². The lowest BCUT2D eigenvalue weighted by Crippen LogP contribution is -2.52. The second-order valence-electron chi connectivity index (χ2n) is 7.56. The molecule has 4 rings (SSSR count). The van der Waals surface area contributed by atoms with Crippen LogP contribution in [0.1, 0.15) is 31.9 Å². The van der Waals surface area contributed by atoms with Gasteiger partial charge in [0.05, 0.1) is 12.2 Å². The van der Waals surface area contributed by atoms with Crippen molar-refractivity contribution in [1.82, 2.24) is 24.4 Å². The molecule has 0 aliphatic carbocycles. The number of aromatic nitrogens is 3. The zero-order valence-corrected chi connectivity index (χ0v) is 15.8. The lowest BCUT2D eigenvalue weighted by molar-refractivity contribution is -0.135. The first-order chi connectivity index (χ1) is 12.6. The maximum atomic E-state index is 12.7. The maximum Gasteiger partial charge on any atom is 0.236 e. The van der Waals surface area contributed by atoms with Gasteiger partial charge >= 0.3 is 0 Å². The van der Waals surface area contributed by atoms with Gasteiger partial charge in [-0.2, -0.15) is 5.10 Å². The van der Waals surface area contributed by atoms with E-state index in [1.165, 1.54) is 6.42 Å². The van der Waals surface area contributed by atoms with Crippen LogP contribution in [0.3, 0.4) is 0 Å². The third kappa shape index (κ3) is 3.40. The molecule has 0 radical (unpaired) electrons. The molecule has 7 nitrogen and oxygen atoms in total. The summed E-state index contributed by atoms with van der Waals surface area (Å²) in [4.78, 5) is 23.9. The summed E-state index contributed by atoms with van der Waals surface area (Å²) in [6.07, 6.45) is 7.23. The van der Waals surface area contributed by atoms with E-state index in [-0.39, 0.29) is 5.91 Å². The molecule has 26 heavy (non-hydrogen) atoms. The Labute approximate surface area is 154 Å². The fraction of sp³-hybridized carbons (Fsp3) is 0.632. The average Bonchev–Trinajstić information content (AvgIpc) is 3.03. The third-order valence-electron chi connectivity index (χ3n) is 5.65. The Bertz CT molecular complexity index is 779. The largest absolute Gasteiger partial charge is 0.352 e. The van der Waals surface area contributed by atoms with Gasteiger partial charge in [-0.25, -0.2) is 9.50 Å². The third-order valence-corrected chi connectivity index (χ3v) is 5.65. The number of nitrogens with zero attached hydrogens (tertiary/aromatic N) is 6. The molecule has 2 aromatic rings. The molecular formula is C19H28N6O. The number of hydrogen-bond acceptors (Lipinski definition) is 5. The normalized spacial score (nSPS) is 22.2. The summed E-state index contributed by atoms with van der Waals surface area (Å²) in [6, 6.07) is 2.47. The van der Waals surface area contributed by atoms with E-state index >= 15 is 0 Å². The number of piperidine rings is 1. The molecular weight excluding hydrogens is 328 g/mol. The summed E-state index contributed by atoms with van der Waals surface area (Å²) in [7, 11) is 0. The van der Waals surface area contributed by atoms with Crippen molar-refractivity contribution in [2.75, 3.05) is 44.2 Å². The van der Waals surface area contributed by atoms with Gasteiger partial charge in [0.15, 0.2) is 5.82 Å². The van der Waals surface area contributed by atoms with Crippen LogP contribution in [0.5, 0.6) is 0 Å².